The number of ether oxygens (including phenoxy) is 1. The maximum Gasteiger partial charge on any atom is 0.373 e. The van der Waals surface area contributed by atoms with Gasteiger partial charge >= 0.3 is 5.97 Å². The summed E-state index contributed by atoms with van der Waals surface area (Å²) in [4.78, 5) is 11.4. The van der Waals surface area contributed by atoms with Crippen molar-refractivity contribution in [2.75, 3.05) is 7.11 Å². The molecule has 0 unspecified atom stereocenters. The standard InChI is InChI=1S/C16H26N2O3/c1-15(2)8-11(9-16(3,4)18-15)17-10-12-6-7-13(21-12)14(19)20-5/h6-7,11,17-18H,8-10H2,1-5H3. The quantitative estimate of drug-likeness (QED) is 0.835. The van der Waals surface area contributed by atoms with Crippen LogP contribution in [0.3, 0.4) is 0 Å². The van der Waals surface area contributed by atoms with Crippen LogP contribution in [0.2, 0.25) is 0 Å². The van der Waals surface area contributed by atoms with Gasteiger partial charge in [-0.1, -0.05) is 0 Å². The summed E-state index contributed by atoms with van der Waals surface area (Å²) in [5.41, 5.74) is 0.222. The van der Waals surface area contributed by atoms with Crippen LogP contribution in [0.5, 0.6) is 0 Å². The predicted octanol–water partition coefficient (Wildman–Crippen LogP) is 2.46. The van der Waals surface area contributed by atoms with Crippen LogP contribution in [0, 0.1) is 0 Å². The van der Waals surface area contributed by atoms with Gasteiger partial charge in [0.05, 0.1) is 13.7 Å². The summed E-state index contributed by atoms with van der Waals surface area (Å²) < 4.78 is 10.1. The number of hydrogen-bond acceptors (Lipinski definition) is 5. The van der Waals surface area contributed by atoms with E-state index in [2.05, 4.69) is 43.1 Å². The summed E-state index contributed by atoms with van der Waals surface area (Å²) in [6.07, 6.45) is 2.11. The average Bonchev–Trinajstić information content (AvgIpc) is 2.80. The molecule has 0 saturated carbocycles. The number of esters is 1. The first-order chi connectivity index (χ1) is 9.71. The molecule has 1 aromatic heterocycles. The fourth-order valence-corrected chi connectivity index (χ4v) is 3.39. The molecule has 0 radical (unpaired) electrons. The third kappa shape index (κ3) is 4.32. The van der Waals surface area contributed by atoms with Crippen molar-refractivity contribution in [2.24, 2.45) is 0 Å². The van der Waals surface area contributed by atoms with E-state index >= 15 is 0 Å². The highest BCUT2D eigenvalue weighted by molar-refractivity contribution is 5.86. The topological polar surface area (TPSA) is 63.5 Å². The molecule has 21 heavy (non-hydrogen) atoms. The van der Waals surface area contributed by atoms with Crippen LogP contribution >= 0.6 is 0 Å². The van der Waals surface area contributed by atoms with E-state index in [0.29, 0.717) is 12.6 Å². The molecule has 118 valence electrons. The zero-order chi connectivity index (χ0) is 15.7. The van der Waals surface area contributed by atoms with E-state index < -0.39 is 5.97 Å². The number of hydrogen-bond donors (Lipinski definition) is 2. The Labute approximate surface area is 126 Å². The molecule has 5 heteroatoms. The van der Waals surface area contributed by atoms with Gasteiger partial charge in [-0.3, -0.25) is 0 Å². The van der Waals surface area contributed by atoms with Crippen molar-refractivity contribution in [2.45, 2.75) is 64.2 Å². The van der Waals surface area contributed by atoms with E-state index in [0.717, 1.165) is 18.6 Å². The molecule has 0 amide bonds. The summed E-state index contributed by atoms with van der Waals surface area (Å²) in [5.74, 6) is 0.565. The van der Waals surface area contributed by atoms with Crippen LogP contribution in [0.25, 0.3) is 0 Å². The zero-order valence-electron chi connectivity index (χ0n) is 13.6. The fraction of sp³-hybridized carbons (Fsp3) is 0.688. The van der Waals surface area contributed by atoms with Crippen LogP contribution in [0.1, 0.15) is 56.9 Å². The first-order valence-electron chi connectivity index (χ1n) is 7.40. The molecule has 0 bridgehead atoms. The van der Waals surface area contributed by atoms with E-state index in [1.54, 1.807) is 6.07 Å². The Kier molecular flexibility index (Phi) is 4.44. The number of carbonyl (C=O) groups is 1. The molecule has 1 aliphatic rings. The molecule has 2 N–H and O–H groups in total. The van der Waals surface area contributed by atoms with Gasteiger partial charge in [0.25, 0.3) is 0 Å². The molecule has 0 atom stereocenters. The van der Waals surface area contributed by atoms with Gasteiger partial charge in [-0.15, -0.1) is 0 Å². The zero-order valence-corrected chi connectivity index (χ0v) is 13.6. The minimum Gasteiger partial charge on any atom is -0.463 e. The number of piperidine rings is 1. The minimum atomic E-state index is -0.439. The molecule has 2 heterocycles. The molecule has 1 aliphatic heterocycles. The molecule has 0 aromatic carbocycles. The summed E-state index contributed by atoms with van der Waals surface area (Å²) >= 11 is 0. The third-order valence-electron chi connectivity index (χ3n) is 3.80. The number of carbonyl (C=O) groups excluding carboxylic acids is 1. The van der Waals surface area contributed by atoms with E-state index in [9.17, 15) is 4.79 Å². The van der Waals surface area contributed by atoms with Gasteiger partial charge < -0.3 is 19.8 Å². The van der Waals surface area contributed by atoms with Gasteiger partial charge in [0, 0.05) is 17.1 Å². The van der Waals surface area contributed by atoms with Crippen LogP contribution in [-0.2, 0) is 11.3 Å². The van der Waals surface area contributed by atoms with Crippen molar-refractivity contribution in [1.29, 1.82) is 0 Å². The van der Waals surface area contributed by atoms with Gasteiger partial charge in [0.1, 0.15) is 5.76 Å². The Morgan fingerprint density at radius 2 is 1.95 bits per heavy atom. The predicted molar refractivity (Wildman–Crippen MR) is 81.2 cm³/mol. The van der Waals surface area contributed by atoms with Crippen LogP contribution in [0.4, 0.5) is 0 Å². The molecule has 1 fully saturated rings. The van der Waals surface area contributed by atoms with Gasteiger partial charge in [-0.25, -0.2) is 4.79 Å². The van der Waals surface area contributed by atoms with Gasteiger partial charge in [-0.05, 0) is 52.7 Å². The lowest BCUT2D eigenvalue weighted by Gasteiger charge is -2.46. The monoisotopic (exact) mass is 294 g/mol. The first kappa shape index (κ1) is 16.0. The second-order valence-electron chi connectivity index (χ2n) is 7.14. The van der Waals surface area contributed by atoms with Crippen molar-refractivity contribution in [3.8, 4) is 0 Å². The third-order valence-corrected chi connectivity index (χ3v) is 3.80. The number of methoxy groups -OCH3 is 1. The minimum absolute atomic E-state index is 0.111. The average molecular weight is 294 g/mol. The summed E-state index contributed by atoms with van der Waals surface area (Å²) in [6.45, 7) is 9.53. The van der Waals surface area contributed by atoms with E-state index in [4.69, 9.17) is 4.42 Å². The second kappa shape index (κ2) is 5.81. The number of furan rings is 1. The van der Waals surface area contributed by atoms with E-state index in [1.807, 2.05) is 6.07 Å². The number of nitrogens with one attached hydrogen (secondary N) is 2. The van der Waals surface area contributed by atoms with Crippen molar-refractivity contribution in [3.05, 3.63) is 23.7 Å². The lowest BCUT2D eigenvalue weighted by atomic mass is 9.79. The van der Waals surface area contributed by atoms with Crippen molar-refractivity contribution >= 4 is 5.97 Å². The summed E-state index contributed by atoms with van der Waals surface area (Å²) in [6, 6.07) is 3.89. The number of rotatable bonds is 4. The Bertz CT molecular complexity index is 489. The molecular formula is C16H26N2O3. The van der Waals surface area contributed by atoms with Crippen molar-refractivity contribution < 1.29 is 13.9 Å². The van der Waals surface area contributed by atoms with Gasteiger partial charge in [-0.2, -0.15) is 0 Å². The summed E-state index contributed by atoms with van der Waals surface area (Å²) in [5, 5.41) is 7.20. The lowest BCUT2D eigenvalue weighted by Crippen LogP contribution is -2.61. The second-order valence-corrected chi connectivity index (χ2v) is 7.14. The Morgan fingerprint density at radius 3 is 2.52 bits per heavy atom. The summed E-state index contributed by atoms with van der Waals surface area (Å²) in [7, 11) is 1.35. The normalized spacial score (nSPS) is 21.2. The van der Waals surface area contributed by atoms with Crippen molar-refractivity contribution in [3.63, 3.8) is 0 Å². The Balaban J connectivity index is 1.93. The highest BCUT2D eigenvalue weighted by Crippen LogP contribution is 2.28. The lowest BCUT2D eigenvalue weighted by molar-refractivity contribution is 0.0562. The molecule has 5 nitrogen and oxygen atoms in total. The Hall–Kier alpha value is -1.33. The fourth-order valence-electron chi connectivity index (χ4n) is 3.39. The Morgan fingerprint density at radius 1 is 1.33 bits per heavy atom. The highest BCUT2D eigenvalue weighted by atomic mass is 16.5. The largest absolute Gasteiger partial charge is 0.463 e. The van der Waals surface area contributed by atoms with E-state index in [1.165, 1.54) is 7.11 Å². The first-order valence-corrected chi connectivity index (χ1v) is 7.40. The molecule has 2 rings (SSSR count). The van der Waals surface area contributed by atoms with Crippen molar-refractivity contribution in [1.82, 2.24) is 10.6 Å². The molecule has 0 aliphatic carbocycles. The maximum absolute atomic E-state index is 11.4. The SMILES string of the molecule is COC(=O)c1ccc(CNC2CC(C)(C)NC(C)(C)C2)o1. The van der Waals surface area contributed by atoms with E-state index in [-0.39, 0.29) is 16.8 Å². The van der Waals surface area contributed by atoms with Gasteiger partial charge in [0.15, 0.2) is 0 Å². The molecule has 1 aromatic rings. The maximum atomic E-state index is 11.4. The molecule has 1 saturated heterocycles. The molecule has 0 spiro atoms. The van der Waals surface area contributed by atoms with Crippen LogP contribution < -0.4 is 10.6 Å². The van der Waals surface area contributed by atoms with Crippen LogP contribution in [0.15, 0.2) is 16.5 Å². The van der Waals surface area contributed by atoms with Gasteiger partial charge in [0.2, 0.25) is 5.76 Å². The van der Waals surface area contributed by atoms with Crippen LogP contribution in [-0.4, -0.2) is 30.2 Å². The highest BCUT2D eigenvalue weighted by Gasteiger charge is 2.37. The molecular weight excluding hydrogens is 268 g/mol. The smallest absolute Gasteiger partial charge is 0.373 e.